The summed E-state index contributed by atoms with van der Waals surface area (Å²) in [5.74, 6) is 1.67. The number of hydrogen-bond donors (Lipinski definition) is 2. The van der Waals surface area contributed by atoms with Crippen LogP contribution in [0.2, 0.25) is 0 Å². The van der Waals surface area contributed by atoms with Crippen molar-refractivity contribution in [2.45, 2.75) is 50.6 Å². The maximum atomic E-state index is 12.4. The molecule has 1 aromatic rings. The van der Waals surface area contributed by atoms with E-state index >= 15 is 0 Å². The second-order valence-corrected chi connectivity index (χ2v) is 6.17. The summed E-state index contributed by atoms with van der Waals surface area (Å²) >= 11 is 0. The van der Waals surface area contributed by atoms with Crippen LogP contribution in [0.3, 0.4) is 0 Å². The summed E-state index contributed by atoms with van der Waals surface area (Å²) in [6.45, 7) is 0. The number of fused-ring (bicyclic) bond motifs is 1. The molecule has 3 unspecified atom stereocenters. The molecule has 114 valence electrons. The lowest BCUT2D eigenvalue weighted by Crippen LogP contribution is -2.53. The summed E-state index contributed by atoms with van der Waals surface area (Å²) in [5, 5.41) is 6.56. The van der Waals surface area contributed by atoms with Gasteiger partial charge in [0.1, 0.15) is 5.75 Å². The number of amides is 1. The van der Waals surface area contributed by atoms with E-state index in [0.717, 1.165) is 23.8 Å². The van der Waals surface area contributed by atoms with Gasteiger partial charge >= 0.3 is 0 Å². The molecule has 0 radical (unpaired) electrons. The first-order chi connectivity index (χ1) is 10.3. The van der Waals surface area contributed by atoms with Gasteiger partial charge in [0, 0.05) is 11.7 Å². The monoisotopic (exact) mass is 288 g/mol. The van der Waals surface area contributed by atoms with Gasteiger partial charge in [-0.2, -0.15) is 0 Å². The third kappa shape index (κ3) is 3.38. The number of rotatable bonds is 3. The van der Waals surface area contributed by atoms with Crippen molar-refractivity contribution in [3.8, 4) is 5.75 Å². The predicted molar refractivity (Wildman–Crippen MR) is 83.5 cm³/mol. The lowest BCUT2D eigenvalue weighted by atomic mass is 9.77. The van der Waals surface area contributed by atoms with Crippen molar-refractivity contribution in [1.82, 2.24) is 5.32 Å². The average molecular weight is 288 g/mol. The minimum absolute atomic E-state index is 0.0496. The SMILES string of the molecule is COc1ccc(NC(=O)C2CCC3CCCCC3N2)cc1. The van der Waals surface area contributed by atoms with Gasteiger partial charge in [-0.3, -0.25) is 4.79 Å². The molecule has 2 fully saturated rings. The molecule has 2 aliphatic rings. The number of nitrogens with one attached hydrogen (secondary N) is 2. The lowest BCUT2D eigenvalue weighted by Gasteiger charge is -2.39. The molecule has 1 aliphatic heterocycles. The molecule has 1 aromatic carbocycles. The van der Waals surface area contributed by atoms with Crippen molar-refractivity contribution in [1.29, 1.82) is 0 Å². The highest BCUT2D eigenvalue weighted by atomic mass is 16.5. The van der Waals surface area contributed by atoms with Gasteiger partial charge in [-0.25, -0.2) is 0 Å². The Balaban J connectivity index is 1.57. The van der Waals surface area contributed by atoms with Crippen LogP contribution in [0.5, 0.6) is 5.75 Å². The molecule has 4 nitrogen and oxygen atoms in total. The number of piperidine rings is 1. The summed E-state index contributed by atoms with van der Waals surface area (Å²) in [5.41, 5.74) is 0.827. The Morgan fingerprint density at radius 2 is 1.90 bits per heavy atom. The van der Waals surface area contributed by atoms with E-state index in [1.54, 1.807) is 7.11 Å². The normalized spacial score (nSPS) is 28.5. The van der Waals surface area contributed by atoms with Crippen LogP contribution in [0.4, 0.5) is 5.69 Å². The van der Waals surface area contributed by atoms with E-state index in [9.17, 15) is 4.79 Å². The second-order valence-electron chi connectivity index (χ2n) is 6.17. The minimum atomic E-state index is -0.0496. The fourth-order valence-electron chi connectivity index (χ4n) is 3.61. The summed E-state index contributed by atoms with van der Waals surface area (Å²) in [6, 6.07) is 7.97. The van der Waals surface area contributed by atoms with Gasteiger partial charge in [0.2, 0.25) is 5.91 Å². The molecule has 1 saturated carbocycles. The van der Waals surface area contributed by atoms with E-state index in [1.807, 2.05) is 24.3 Å². The van der Waals surface area contributed by atoms with E-state index in [0.29, 0.717) is 6.04 Å². The van der Waals surface area contributed by atoms with Crippen molar-refractivity contribution in [3.05, 3.63) is 24.3 Å². The molecule has 2 N–H and O–H groups in total. The van der Waals surface area contributed by atoms with Crippen LogP contribution in [-0.2, 0) is 4.79 Å². The van der Waals surface area contributed by atoms with Gasteiger partial charge in [-0.15, -0.1) is 0 Å². The third-order valence-corrected chi connectivity index (χ3v) is 4.82. The number of hydrogen-bond acceptors (Lipinski definition) is 3. The molecule has 0 aromatic heterocycles. The summed E-state index contributed by atoms with van der Waals surface area (Å²) in [4.78, 5) is 12.4. The highest BCUT2D eigenvalue weighted by Crippen LogP contribution is 2.32. The molecule has 3 atom stereocenters. The molecular weight excluding hydrogens is 264 g/mol. The molecule has 1 saturated heterocycles. The molecule has 0 bridgehead atoms. The average Bonchev–Trinajstić information content (AvgIpc) is 2.55. The van der Waals surface area contributed by atoms with E-state index in [2.05, 4.69) is 10.6 Å². The first kappa shape index (κ1) is 14.4. The third-order valence-electron chi connectivity index (χ3n) is 4.82. The van der Waals surface area contributed by atoms with Crippen LogP contribution in [0.1, 0.15) is 38.5 Å². The van der Waals surface area contributed by atoms with Crippen molar-refractivity contribution in [2.24, 2.45) is 5.92 Å². The Morgan fingerprint density at radius 1 is 1.14 bits per heavy atom. The smallest absolute Gasteiger partial charge is 0.241 e. The molecule has 21 heavy (non-hydrogen) atoms. The number of carbonyl (C=O) groups excluding carboxylic acids is 1. The Hall–Kier alpha value is -1.55. The molecule has 4 heteroatoms. The van der Waals surface area contributed by atoms with Gasteiger partial charge in [-0.05, 0) is 55.9 Å². The Morgan fingerprint density at radius 3 is 2.67 bits per heavy atom. The number of benzene rings is 1. The molecule has 3 rings (SSSR count). The van der Waals surface area contributed by atoms with E-state index in [4.69, 9.17) is 4.74 Å². The summed E-state index contributed by atoms with van der Waals surface area (Å²) < 4.78 is 5.12. The van der Waals surface area contributed by atoms with Crippen LogP contribution in [0, 0.1) is 5.92 Å². The van der Waals surface area contributed by atoms with E-state index in [1.165, 1.54) is 32.1 Å². The van der Waals surface area contributed by atoms with E-state index < -0.39 is 0 Å². The highest BCUT2D eigenvalue weighted by Gasteiger charge is 2.34. The number of carbonyl (C=O) groups is 1. The maximum absolute atomic E-state index is 12.4. The summed E-state index contributed by atoms with van der Waals surface area (Å²) in [7, 11) is 1.64. The van der Waals surface area contributed by atoms with Crippen LogP contribution in [0.15, 0.2) is 24.3 Å². The number of methoxy groups -OCH3 is 1. The maximum Gasteiger partial charge on any atom is 0.241 e. The highest BCUT2D eigenvalue weighted by molar-refractivity contribution is 5.94. The van der Waals surface area contributed by atoms with Crippen LogP contribution < -0.4 is 15.4 Å². The molecule has 1 heterocycles. The zero-order valence-electron chi connectivity index (χ0n) is 12.6. The predicted octanol–water partition coefficient (Wildman–Crippen LogP) is 2.94. The number of anilines is 1. The van der Waals surface area contributed by atoms with Gasteiger partial charge in [-0.1, -0.05) is 12.8 Å². The van der Waals surface area contributed by atoms with Crippen LogP contribution in [0.25, 0.3) is 0 Å². The zero-order valence-corrected chi connectivity index (χ0v) is 12.6. The quantitative estimate of drug-likeness (QED) is 0.899. The van der Waals surface area contributed by atoms with Crippen molar-refractivity contribution in [3.63, 3.8) is 0 Å². The van der Waals surface area contributed by atoms with Crippen molar-refractivity contribution >= 4 is 11.6 Å². The Labute approximate surface area is 126 Å². The zero-order chi connectivity index (χ0) is 14.7. The van der Waals surface area contributed by atoms with Crippen LogP contribution in [-0.4, -0.2) is 25.1 Å². The topological polar surface area (TPSA) is 50.4 Å². The lowest BCUT2D eigenvalue weighted by molar-refractivity contribution is -0.119. The van der Waals surface area contributed by atoms with E-state index in [-0.39, 0.29) is 11.9 Å². The Bertz CT molecular complexity index is 486. The molecule has 1 amide bonds. The van der Waals surface area contributed by atoms with Gasteiger partial charge < -0.3 is 15.4 Å². The number of ether oxygens (including phenoxy) is 1. The van der Waals surface area contributed by atoms with Crippen molar-refractivity contribution < 1.29 is 9.53 Å². The largest absolute Gasteiger partial charge is 0.497 e. The second kappa shape index (κ2) is 6.48. The molecular formula is C17H24N2O2. The first-order valence-electron chi connectivity index (χ1n) is 7.97. The standard InChI is InChI=1S/C17H24N2O2/c1-21-14-9-7-13(8-10-14)18-17(20)16-11-6-12-4-2-3-5-15(12)19-16/h7-10,12,15-16,19H,2-6,11H2,1H3,(H,18,20). The molecule has 1 aliphatic carbocycles. The minimum Gasteiger partial charge on any atom is -0.497 e. The van der Waals surface area contributed by atoms with Gasteiger partial charge in [0.05, 0.1) is 13.2 Å². The fraction of sp³-hybridized carbons (Fsp3) is 0.588. The first-order valence-corrected chi connectivity index (χ1v) is 7.97. The molecule has 0 spiro atoms. The Kier molecular flexibility index (Phi) is 4.44. The van der Waals surface area contributed by atoms with Crippen molar-refractivity contribution in [2.75, 3.05) is 12.4 Å². The van der Waals surface area contributed by atoms with Gasteiger partial charge in [0.15, 0.2) is 0 Å². The summed E-state index contributed by atoms with van der Waals surface area (Å²) in [6.07, 6.45) is 7.32. The fourth-order valence-corrected chi connectivity index (χ4v) is 3.61. The van der Waals surface area contributed by atoms with Gasteiger partial charge in [0.25, 0.3) is 0 Å². The van der Waals surface area contributed by atoms with Crippen LogP contribution >= 0.6 is 0 Å².